The second-order valence-electron chi connectivity index (χ2n) is 5.54. The number of hydrogen-bond donors (Lipinski definition) is 2. The van der Waals surface area contributed by atoms with Gasteiger partial charge in [-0.1, -0.05) is 32.3 Å². The van der Waals surface area contributed by atoms with Crippen LogP contribution in [0.15, 0.2) is 28.1 Å². The number of aryl methyl sites for hydroxylation is 1. The molecular formula is C16H25N3S. The lowest BCUT2D eigenvalue weighted by Gasteiger charge is -2.21. The zero-order valence-corrected chi connectivity index (χ0v) is 13.5. The topological polar surface area (TPSA) is 36.4 Å². The normalized spacial score (nSPS) is 15.9. The lowest BCUT2D eigenvalue weighted by Crippen LogP contribution is -2.30. The third kappa shape index (κ3) is 4.44. The van der Waals surface area contributed by atoms with E-state index in [0.29, 0.717) is 6.04 Å². The van der Waals surface area contributed by atoms with E-state index in [4.69, 9.17) is 0 Å². The Balaban J connectivity index is 1.99. The van der Waals surface area contributed by atoms with Crippen LogP contribution in [0.25, 0.3) is 0 Å². The highest BCUT2D eigenvalue weighted by Crippen LogP contribution is 2.30. The number of nitrogens with zero attached hydrogens (tertiary/aromatic N) is 1. The molecule has 1 aromatic carbocycles. The van der Waals surface area contributed by atoms with Gasteiger partial charge in [0.05, 0.1) is 10.6 Å². The molecule has 3 nitrogen and oxygen atoms in total. The van der Waals surface area contributed by atoms with Crippen LogP contribution in [0.4, 0.5) is 5.69 Å². The Kier molecular flexibility index (Phi) is 5.77. The molecule has 1 heterocycles. The molecule has 0 bridgehead atoms. The first-order chi connectivity index (χ1) is 9.69. The van der Waals surface area contributed by atoms with E-state index in [9.17, 15) is 0 Å². The van der Waals surface area contributed by atoms with Gasteiger partial charge in [0.15, 0.2) is 0 Å². The Morgan fingerprint density at radius 2 is 2.05 bits per heavy atom. The highest BCUT2D eigenvalue weighted by Gasteiger charge is 2.14. The molecule has 0 amide bonds. The van der Waals surface area contributed by atoms with Crippen molar-refractivity contribution in [1.82, 2.24) is 4.72 Å². The van der Waals surface area contributed by atoms with Gasteiger partial charge in [0.25, 0.3) is 0 Å². The number of hydrogen-bond acceptors (Lipinski definition) is 2. The SMILES string of the molecule is CCCCCCc1ccc2c(c1)NC(=NC(C)C)NS2. The first-order valence-electron chi connectivity index (χ1n) is 7.59. The zero-order chi connectivity index (χ0) is 14.4. The second-order valence-corrected chi connectivity index (χ2v) is 6.39. The van der Waals surface area contributed by atoms with Crippen molar-refractivity contribution in [1.29, 1.82) is 0 Å². The average Bonchev–Trinajstić information content (AvgIpc) is 2.42. The summed E-state index contributed by atoms with van der Waals surface area (Å²) >= 11 is 1.64. The zero-order valence-electron chi connectivity index (χ0n) is 12.7. The van der Waals surface area contributed by atoms with E-state index in [-0.39, 0.29) is 0 Å². The highest BCUT2D eigenvalue weighted by molar-refractivity contribution is 7.98. The molecule has 0 fully saturated rings. The van der Waals surface area contributed by atoms with Gasteiger partial charge in [-0.2, -0.15) is 0 Å². The maximum Gasteiger partial charge on any atom is 0.206 e. The summed E-state index contributed by atoms with van der Waals surface area (Å²) in [4.78, 5) is 5.77. The van der Waals surface area contributed by atoms with E-state index in [2.05, 4.69) is 54.0 Å². The maximum atomic E-state index is 4.53. The molecule has 0 atom stereocenters. The van der Waals surface area contributed by atoms with Crippen LogP contribution in [0.5, 0.6) is 0 Å². The number of guanidine groups is 1. The fourth-order valence-corrected chi connectivity index (χ4v) is 2.91. The van der Waals surface area contributed by atoms with Crippen molar-refractivity contribution in [3.05, 3.63) is 23.8 Å². The standard InChI is InChI=1S/C16H25N3S/c1-4-5-6-7-8-13-9-10-15-14(11-13)18-16(19-20-15)17-12(2)3/h9-12H,4-8H2,1-3H3,(H2,17,18,19). The fourth-order valence-electron chi connectivity index (χ4n) is 2.25. The van der Waals surface area contributed by atoms with Gasteiger partial charge in [-0.05, 0) is 56.3 Å². The molecular weight excluding hydrogens is 266 g/mol. The second kappa shape index (κ2) is 7.58. The van der Waals surface area contributed by atoms with E-state index in [1.54, 1.807) is 11.9 Å². The molecule has 2 rings (SSSR count). The molecule has 0 saturated carbocycles. The number of rotatable bonds is 6. The number of fused-ring (bicyclic) bond motifs is 1. The van der Waals surface area contributed by atoms with Gasteiger partial charge in [-0.15, -0.1) is 0 Å². The summed E-state index contributed by atoms with van der Waals surface area (Å²) in [5.74, 6) is 0.862. The molecule has 20 heavy (non-hydrogen) atoms. The Morgan fingerprint density at radius 1 is 1.20 bits per heavy atom. The summed E-state index contributed by atoms with van der Waals surface area (Å²) in [6.07, 6.45) is 6.42. The maximum absolute atomic E-state index is 4.53. The van der Waals surface area contributed by atoms with Gasteiger partial charge < -0.3 is 5.32 Å². The molecule has 4 heteroatoms. The van der Waals surface area contributed by atoms with Crippen molar-refractivity contribution >= 4 is 23.6 Å². The third-order valence-corrected chi connectivity index (χ3v) is 4.13. The number of benzene rings is 1. The number of unbranched alkanes of at least 4 members (excludes halogenated alkanes) is 3. The smallest absolute Gasteiger partial charge is 0.206 e. The van der Waals surface area contributed by atoms with Crippen LogP contribution in [0.2, 0.25) is 0 Å². The monoisotopic (exact) mass is 291 g/mol. The minimum atomic E-state index is 0.296. The molecule has 1 aromatic rings. The third-order valence-electron chi connectivity index (χ3n) is 3.26. The summed E-state index contributed by atoms with van der Waals surface area (Å²) in [7, 11) is 0. The minimum Gasteiger partial charge on any atom is -0.325 e. The van der Waals surface area contributed by atoms with Crippen LogP contribution in [0, 0.1) is 0 Å². The Hall–Kier alpha value is -1.16. The van der Waals surface area contributed by atoms with Gasteiger partial charge in [-0.3, -0.25) is 4.72 Å². The lowest BCUT2D eigenvalue weighted by atomic mass is 10.1. The number of nitrogens with one attached hydrogen (secondary N) is 2. The predicted octanol–water partition coefficient (Wildman–Crippen LogP) is 4.60. The van der Waals surface area contributed by atoms with Crippen LogP contribution in [-0.2, 0) is 6.42 Å². The van der Waals surface area contributed by atoms with Crippen molar-refractivity contribution in [2.45, 2.75) is 63.8 Å². The van der Waals surface area contributed by atoms with Crippen molar-refractivity contribution in [2.75, 3.05) is 5.32 Å². The molecule has 1 aliphatic heterocycles. The highest BCUT2D eigenvalue weighted by atomic mass is 32.2. The van der Waals surface area contributed by atoms with Crippen LogP contribution in [-0.4, -0.2) is 12.0 Å². The number of aliphatic imine (C=N–C) groups is 1. The van der Waals surface area contributed by atoms with Gasteiger partial charge in [0.2, 0.25) is 5.96 Å². The van der Waals surface area contributed by atoms with E-state index >= 15 is 0 Å². The first-order valence-corrected chi connectivity index (χ1v) is 8.41. The molecule has 0 aliphatic carbocycles. The largest absolute Gasteiger partial charge is 0.325 e. The molecule has 0 unspecified atom stereocenters. The number of anilines is 1. The van der Waals surface area contributed by atoms with Gasteiger partial charge in [-0.25, -0.2) is 4.99 Å². The summed E-state index contributed by atoms with van der Waals surface area (Å²) in [6.45, 7) is 6.42. The Bertz CT molecular complexity index is 469. The summed E-state index contributed by atoms with van der Waals surface area (Å²) in [5, 5.41) is 3.39. The minimum absolute atomic E-state index is 0.296. The predicted molar refractivity (Wildman–Crippen MR) is 89.5 cm³/mol. The van der Waals surface area contributed by atoms with Crippen LogP contribution < -0.4 is 10.0 Å². The van der Waals surface area contributed by atoms with E-state index in [1.165, 1.54) is 48.3 Å². The van der Waals surface area contributed by atoms with E-state index in [1.807, 2.05) is 0 Å². The molecule has 0 spiro atoms. The Labute approximate surface area is 126 Å². The Morgan fingerprint density at radius 3 is 2.80 bits per heavy atom. The molecule has 2 N–H and O–H groups in total. The summed E-state index contributed by atoms with van der Waals surface area (Å²) < 4.78 is 3.24. The van der Waals surface area contributed by atoms with Crippen molar-refractivity contribution in [3.8, 4) is 0 Å². The van der Waals surface area contributed by atoms with Gasteiger partial charge in [0.1, 0.15) is 0 Å². The quantitative estimate of drug-likeness (QED) is 0.594. The fraction of sp³-hybridized carbons (Fsp3) is 0.562. The van der Waals surface area contributed by atoms with Crippen molar-refractivity contribution < 1.29 is 0 Å². The average molecular weight is 291 g/mol. The molecule has 110 valence electrons. The van der Waals surface area contributed by atoms with E-state index < -0.39 is 0 Å². The van der Waals surface area contributed by atoms with Gasteiger partial charge >= 0.3 is 0 Å². The summed E-state index contributed by atoms with van der Waals surface area (Å²) in [5.41, 5.74) is 2.60. The lowest BCUT2D eigenvalue weighted by molar-refractivity contribution is 0.667. The molecule has 0 saturated heterocycles. The first kappa shape index (κ1) is 15.2. The van der Waals surface area contributed by atoms with Crippen LogP contribution in [0.1, 0.15) is 52.0 Å². The molecule has 0 radical (unpaired) electrons. The molecule has 0 aromatic heterocycles. The van der Waals surface area contributed by atoms with Crippen LogP contribution in [0.3, 0.4) is 0 Å². The summed E-state index contributed by atoms with van der Waals surface area (Å²) in [6, 6.07) is 7.00. The van der Waals surface area contributed by atoms with Crippen molar-refractivity contribution in [2.24, 2.45) is 4.99 Å². The van der Waals surface area contributed by atoms with Crippen molar-refractivity contribution in [3.63, 3.8) is 0 Å². The van der Waals surface area contributed by atoms with E-state index in [0.717, 1.165) is 5.96 Å². The molecule has 1 aliphatic rings. The van der Waals surface area contributed by atoms with Gasteiger partial charge in [0, 0.05) is 6.04 Å². The van der Waals surface area contributed by atoms with Crippen LogP contribution >= 0.6 is 11.9 Å².